The first-order chi connectivity index (χ1) is 10.3. The number of rotatable bonds is 7. The van der Waals surface area contributed by atoms with Crippen LogP contribution in [0.5, 0.6) is 0 Å². The van der Waals surface area contributed by atoms with E-state index >= 15 is 0 Å². The number of hydrogen-bond acceptors (Lipinski definition) is 1. The van der Waals surface area contributed by atoms with Crippen molar-refractivity contribution < 1.29 is 5.11 Å². The Morgan fingerprint density at radius 1 is 0.857 bits per heavy atom. The summed E-state index contributed by atoms with van der Waals surface area (Å²) in [4.78, 5) is 0. The highest BCUT2D eigenvalue weighted by Crippen LogP contribution is 2.33. The standard InChI is InChI=1S/C20H26O/c1-3-5-9-16-12-14-18(15-13-16)20(21)19(4-2)17-10-7-6-8-11-17/h6-8,10-15,19-21H,3-5,9H2,1-2H3. The van der Waals surface area contributed by atoms with Crippen LogP contribution in [0.1, 0.15) is 61.8 Å². The van der Waals surface area contributed by atoms with Crippen molar-refractivity contribution in [3.8, 4) is 0 Å². The second-order valence-electron chi connectivity index (χ2n) is 5.72. The van der Waals surface area contributed by atoms with E-state index in [-0.39, 0.29) is 5.92 Å². The van der Waals surface area contributed by atoms with Crippen molar-refractivity contribution in [3.05, 3.63) is 71.3 Å². The van der Waals surface area contributed by atoms with E-state index in [1.165, 1.54) is 24.0 Å². The summed E-state index contributed by atoms with van der Waals surface area (Å²) in [7, 11) is 0. The quantitative estimate of drug-likeness (QED) is 0.734. The van der Waals surface area contributed by atoms with Gasteiger partial charge in [0, 0.05) is 5.92 Å². The van der Waals surface area contributed by atoms with E-state index in [1.807, 2.05) is 18.2 Å². The first kappa shape index (κ1) is 15.8. The summed E-state index contributed by atoms with van der Waals surface area (Å²) >= 11 is 0. The van der Waals surface area contributed by atoms with Crippen molar-refractivity contribution in [2.75, 3.05) is 0 Å². The molecule has 1 heteroatoms. The maximum Gasteiger partial charge on any atom is 0.0858 e. The molecular formula is C20H26O. The average molecular weight is 282 g/mol. The van der Waals surface area contributed by atoms with Gasteiger partial charge in [-0.15, -0.1) is 0 Å². The van der Waals surface area contributed by atoms with Gasteiger partial charge in [-0.05, 0) is 36.0 Å². The highest BCUT2D eigenvalue weighted by molar-refractivity contribution is 5.29. The van der Waals surface area contributed by atoms with Gasteiger partial charge in [0.25, 0.3) is 0 Å². The number of aliphatic hydroxyl groups is 1. The summed E-state index contributed by atoms with van der Waals surface area (Å²) in [5.41, 5.74) is 3.59. The third-order valence-electron chi connectivity index (χ3n) is 4.19. The molecule has 2 rings (SSSR count). The first-order valence-corrected chi connectivity index (χ1v) is 8.08. The Bertz CT molecular complexity index is 515. The van der Waals surface area contributed by atoms with E-state index in [9.17, 15) is 5.11 Å². The lowest BCUT2D eigenvalue weighted by Crippen LogP contribution is -2.10. The van der Waals surface area contributed by atoms with Gasteiger partial charge in [-0.2, -0.15) is 0 Å². The monoisotopic (exact) mass is 282 g/mol. The number of aryl methyl sites for hydroxylation is 1. The summed E-state index contributed by atoms with van der Waals surface area (Å²) in [5.74, 6) is 0.160. The number of hydrogen-bond donors (Lipinski definition) is 1. The molecule has 0 aliphatic rings. The van der Waals surface area contributed by atoms with E-state index in [0.29, 0.717) is 0 Å². The zero-order valence-corrected chi connectivity index (χ0v) is 13.1. The topological polar surface area (TPSA) is 20.2 Å². The van der Waals surface area contributed by atoms with E-state index in [1.54, 1.807) is 0 Å². The predicted octanol–water partition coefficient (Wildman–Crippen LogP) is 5.26. The molecule has 0 bridgehead atoms. The van der Waals surface area contributed by atoms with Gasteiger partial charge in [0.1, 0.15) is 0 Å². The molecule has 0 heterocycles. The largest absolute Gasteiger partial charge is 0.388 e. The van der Waals surface area contributed by atoms with Gasteiger partial charge < -0.3 is 5.11 Å². The van der Waals surface area contributed by atoms with E-state index < -0.39 is 6.10 Å². The fourth-order valence-corrected chi connectivity index (χ4v) is 2.84. The van der Waals surface area contributed by atoms with Crippen LogP contribution in [0.15, 0.2) is 54.6 Å². The number of unbranched alkanes of at least 4 members (excludes halogenated alkanes) is 1. The smallest absolute Gasteiger partial charge is 0.0858 e. The fourth-order valence-electron chi connectivity index (χ4n) is 2.84. The van der Waals surface area contributed by atoms with E-state index in [0.717, 1.165) is 18.4 Å². The van der Waals surface area contributed by atoms with Crippen LogP contribution in [0.2, 0.25) is 0 Å². The molecular weight excluding hydrogens is 256 g/mol. The Morgan fingerprint density at radius 3 is 2.10 bits per heavy atom. The van der Waals surface area contributed by atoms with Crippen molar-refractivity contribution in [2.45, 2.75) is 51.6 Å². The van der Waals surface area contributed by atoms with Crippen molar-refractivity contribution >= 4 is 0 Å². The van der Waals surface area contributed by atoms with Crippen LogP contribution in [-0.4, -0.2) is 5.11 Å². The Morgan fingerprint density at radius 2 is 1.52 bits per heavy atom. The van der Waals surface area contributed by atoms with Crippen LogP contribution >= 0.6 is 0 Å². The second-order valence-corrected chi connectivity index (χ2v) is 5.72. The van der Waals surface area contributed by atoms with Crippen molar-refractivity contribution in [1.29, 1.82) is 0 Å². The summed E-state index contributed by atoms with van der Waals surface area (Å²) in [6.45, 7) is 4.35. The molecule has 0 aromatic heterocycles. The number of benzene rings is 2. The van der Waals surface area contributed by atoms with Crippen LogP contribution in [0, 0.1) is 0 Å². The maximum absolute atomic E-state index is 10.7. The average Bonchev–Trinajstić information content (AvgIpc) is 2.55. The maximum atomic E-state index is 10.7. The van der Waals surface area contributed by atoms with Crippen LogP contribution in [0.4, 0.5) is 0 Å². The van der Waals surface area contributed by atoms with Crippen LogP contribution in [0.25, 0.3) is 0 Å². The molecule has 2 atom stereocenters. The van der Waals surface area contributed by atoms with Crippen molar-refractivity contribution in [1.82, 2.24) is 0 Å². The lowest BCUT2D eigenvalue weighted by atomic mass is 9.87. The van der Waals surface area contributed by atoms with Gasteiger partial charge >= 0.3 is 0 Å². The molecule has 2 unspecified atom stereocenters. The molecule has 0 spiro atoms. The van der Waals surface area contributed by atoms with Crippen LogP contribution in [0.3, 0.4) is 0 Å². The van der Waals surface area contributed by atoms with Crippen LogP contribution in [-0.2, 0) is 6.42 Å². The molecule has 1 N–H and O–H groups in total. The van der Waals surface area contributed by atoms with E-state index in [2.05, 4.69) is 50.2 Å². The van der Waals surface area contributed by atoms with Crippen LogP contribution < -0.4 is 0 Å². The number of aliphatic hydroxyl groups excluding tert-OH is 1. The minimum Gasteiger partial charge on any atom is -0.388 e. The summed E-state index contributed by atoms with van der Waals surface area (Å²) < 4.78 is 0. The summed E-state index contributed by atoms with van der Waals surface area (Å²) in [5, 5.41) is 10.7. The SMILES string of the molecule is CCCCc1ccc(C(O)C(CC)c2ccccc2)cc1. The zero-order chi connectivity index (χ0) is 15.1. The predicted molar refractivity (Wildman–Crippen MR) is 89.5 cm³/mol. The first-order valence-electron chi connectivity index (χ1n) is 8.08. The third kappa shape index (κ3) is 4.18. The van der Waals surface area contributed by atoms with Crippen molar-refractivity contribution in [2.24, 2.45) is 0 Å². The molecule has 0 radical (unpaired) electrons. The van der Waals surface area contributed by atoms with E-state index in [4.69, 9.17) is 0 Å². The van der Waals surface area contributed by atoms with Gasteiger partial charge in [0.2, 0.25) is 0 Å². The molecule has 0 aliphatic carbocycles. The summed E-state index contributed by atoms with van der Waals surface area (Å²) in [6.07, 6.45) is 4.07. The molecule has 21 heavy (non-hydrogen) atoms. The third-order valence-corrected chi connectivity index (χ3v) is 4.19. The Hall–Kier alpha value is -1.60. The van der Waals surface area contributed by atoms with Gasteiger partial charge in [-0.25, -0.2) is 0 Å². The molecule has 0 fully saturated rings. The molecule has 0 saturated carbocycles. The Labute approximate surface area is 128 Å². The van der Waals surface area contributed by atoms with Crippen molar-refractivity contribution in [3.63, 3.8) is 0 Å². The lowest BCUT2D eigenvalue weighted by molar-refractivity contribution is 0.142. The second kappa shape index (κ2) is 7.99. The Kier molecular flexibility index (Phi) is 6.01. The molecule has 1 nitrogen and oxygen atoms in total. The normalized spacial score (nSPS) is 13.9. The van der Waals surface area contributed by atoms with Gasteiger partial charge in [0.15, 0.2) is 0 Å². The minimum absolute atomic E-state index is 0.160. The fraction of sp³-hybridized carbons (Fsp3) is 0.400. The molecule has 112 valence electrons. The molecule has 0 amide bonds. The molecule has 0 saturated heterocycles. The lowest BCUT2D eigenvalue weighted by Gasteiger charge is -2.22. The van der Waals surface area contributed by atoms with Gasteiger partial charge in [-0.3, -0.25) is 0 Å². The Balaban J connectivity index is 2.12. The van der Waals surface area contributed by atoms with Gasteiger partial charge in [0.05, 0.1) is 6.10 Å². The molecule has 2 aromatic carbocycles. The molecule has 0 aliphatic heterocycles. The minimum atomic E-state index is -0.433. The highest BCUT2D eigenvalue weighted by Gasteiger charge is 2.20. The van der Waals surface area contributed by atoms with Gasteiger partial charge in [-0.1, -0.05) is 74.9 Å². The highest BCUT2D eigenvalue weighted by atomic mass is 16.3. The zero-order valence-electron chi connectivity index (χ0n) is 13.1. The summed E-state index contributed by atoms with van der Waals surface area (Å²) in [6, 6.07) is 18.8. The molecule has 2 aromatic rings.